The summed E-state index contributed by atoms with van der Waals surface area (Å²) in [6, 6.07) is 7.07. The predicted octanol–water partition coefficient (Wildman–Crippen LogP) is 7.74. The third-order valence-electron chi connectivity index (χ3n) is 17.9. The van der Waals surface area contributed by atoms with Crippen molar-refractivity contribution in [1.29, 1.82) is 0 Å². The van der Waals surface area contributed by atoms with Gasteiger partial charge in [0.2, 0.25) is 11.7 Å². The Labute approximate surface area is 441 Å². The Morgan fingerprint density at radius 1 is 0.890 bits per heavy atom. The molecule has 0 aromatic heterocycles. The van der Waals surface area contributed by atoms with Gasteiger partial charge in [0.1, 0.15) is 6.79 Å². The van der Waals surface area contributed by atoms with Crippen molar-refractivity contribution in [1.82, 2.24) is 10.6 Å². The van der Waals surface area contributed by atoms with Crippen LogP contribution in [0, 0.1) is 52.8 Å². The number of carbonyl (C=O) groups excluding carboxylic acids is 1. The van der Waals surface area contributed by atoms with E-state index in [1.54, 1.807) is 18.2 Å². The maximum absolute atomic E-state index is 12.1. The number of fused-ring (bicyclic) bond motifs is 3. The molecule has 3 saturated carbocycles. The van der Waals surface area contributed by atoms with Crippen LogP contribution in [0.5, 0.6) is 28.7 Å². The van der Waals surface area contributed by atoms with Gasteiger partial charge in [0.05, 0.1) is 44.7 Å². The fourth-order valence-electron chi connectivity index (χ4n) is 13.9. The summed E-state index contributed by atoms with van der Waals surface area (Å²) < 4.78 is 23.7. The number of phenolic OH excluding ortho intramolecular Hbond substituents is 2. The van der Waals surface area contributed by atoms with E-state index in [4.69, 9.17) is 18.9 Å². The molecule has 14 nitrogen and oxygen atoms in total. The van der Waals surface area contributed by atoms with Gasteiger partial charge in [-0.2, -0.15) is 0 Å². The Hall–Kier alpha value is -3.11. The van der Waals surface area contributed by atoms with Crippen LogP contribution in [-0.2, 0) is 22.4 Å². The van der Waals surface area contributed by atoms with E-state index < -0.39 is 37.1 Å². The standard InChI is InChI=1S/C57H84N2O12S2/c1-35-8-11-40(12-15-46(62)39-26-54(66)58-31-39)57(30-35)20-7-19-56(17-5-4-6-18-56)59-32-38-10-14-42(27-45(38)57)71-50-25-37-9-13-41(70-34-61)28-47(63)44(22-36-23-51(68-2)55(67)52(24-36)69-3)49(65)33-72-73-53(16-21-60)43(37)29-48(50)64/h23-25,29,35,38-42,44-47,49,53,59-65,67H,4-6,8-19,21-22,26-28,30-34H2,1-3H3,(H,58,66)/t35-,38-,39+,40-,41-,42+,44-,45-,46-,47+,49-,53-,57+/m0/s1. The predicted molar refractivity (Wildman–Crippen MR) is 285 cm³/mol. The Kier molecular flexibility index (Phi) is 19.8. The fraction of sp³-hybridized carbons (Fsp3) is 0.737. The highest BCUT2D eigenvalue weighted by molar-refractivity contribution is 8.76. The second-order valence-corrected chi connectivity index (χ2v) is 25.2. The number of amides is 1. The minimum atomic E-state index is -1.04. The molecule has 4 fully saturated rings. The molecule has 1 saturated heterocycles. The van der Waals surface area contributed by atoms with Crippen molar-refractivity contribution in [3.8, 4) is 40.6 Å². The summed E-state index contributed by atoms with van der Waals surface area (Å²) in [6.45, 7) is 3.18. The largest absolute Gasteiger partial charge is 0.504 e. The lowest BCUT2D eigenvalue weighted by molar-refractivity contribution is -0.119. The molecular weight excluding hydrogens is 969 g/mol. The number of ether oxygens (including phenoxy) is 4. The minimum absolute atomic E-state index is 0.0160. The van der Waals surface area contributed by atoms with Crippen molar-refractivity contribution in [3.63, 3.8) is 0 Å². The summed E-state index contributed by atoms with van der Waals surface area (Å²) in [7, 11) is 5.86. The molecule has 8 rings (SSSR count). The van der Waals surface area contributed by atoms with Gasteiger partial charge in [-0.25, -0.2) is 0 Å². The van der Waals surface area contributed by atoms with Crippen LogP contribution in [0.2, 0.25) is 0 Å². The number of hydrogen-bond acceptors (Lipinski definition) is 15. The number of rotatable bonds is 14. The molecule has 3 aliphatic carbocycles. The average Bonchev–Trinajstić information content (AvgIpc) is 3.84. The van der Waals surface area contributed by atoms with Gasteiger partial charge in [-0.05, 0) is 161 Å². The van der Waals surface area contributed by atoms with Crippen molar-refractivity contribution in [2.75, 3.05) is 46.5 Å². The number of phenols is 2. The normalized spacial score (nSPS) is 33.4. The summed E-state index contributed by atoms with van der Waals surface area (Å²) >= 11 is 0. The highest BCUT2D eigenvalue weighted by atomic mass is 33.1. The minimum Gasteiger partial charge on any atom is -0.504 e. The number of hydrogen-bond donors (Lipinski definition) is 9. The number of carbonyl (C=O) groups is 1. The first kappa shape index (κ1) is 56.1. The Bertz CT molecular complexity index is 2180. The number of aromatic hydroxyl groups is 2. The molecule has 3 aliphatic heterocycles. The van der Waals surface area contributed by atoms with Crippen LogP contribution in [0.25, 0.3) is 0 Å². The maximum atomic E-state index is 12.1. The second kappa shape index (κ2) is 25.8. The molecule has 3 heterocycles. The van der Waals surface area contributed by atoms with Crippen molar-refractivity contribution >= 4 is 27.5 Å². The van der Waals surface area contributed by atoms with Gasteiger partial charge in [0.25, 0.3) is 0 Å². The zero-order valence-corrected chi connectivity index (χ0v) is 45.0. The first-order chi connectivity index (χ1) is 35.3. The van der Waals surface area contributed by atoms with Gasteiger partial charge < -0.3 is 65.3 Å². The average molecular weight is 1050 g/mol. The molecule has 406 valence electrons. The fourth-order valence-corrected chi connectivity index (χ4v) is 16.8. The quantitative estimate of drug-likeness (QED) is 0.0502. The van der Waals surface area contributed by atoms with E-state index >= 15 is 0 Å². The molecule has 6 aliphatic rings. The maximum Gasteiger partial charge on any atom is 0.220 e. The van der Waals surface area contributed by atoms with E-state index in [0.29, 0.717) is 67.7 Å². The van der Waals surface area contributed by atoms with E-state index in [1.165, 1.54) is 55.1 Å². The third-order valence-corrected chi connectivity index (χ3v) is 20.8. The number of aliphatic hydroxyl groups is 5. The summed E-state index contributed by atoms with van der Waals surface area (Å²) in [5.41, 5.74) is 2.22. The number of benzene rings is 2. The summed E-state index contributed by atoms with van der Waals surface area (Å²) in [6.07, 6.45) is 12.8. The zero-order valence-electron chi connectivity index (χ0n) is 43.4. The molecule has 2 spiro atoms. The molecular formula is C57H84N2O12S2. The van der Waals surface area contributed by atoms with Crippen molar-refractivity contribution < 1.29 is 59.5 Å². The number of aryl methyl sites for hydroxylation is 1. The zero-order chi connectivity index (χ0) is 51.7. The first-order valence-electron chi connectivity index (χ1n) is 27.4. The number of methoxy groups -OCH3 is 2. The van der Waals surface area contributed by atoms with Crippen molar-refractivity contribution in [3.05, 3.63) is 41.0 Å². The summed E-state index contributed by atoms with van der Waals surface area (Å²) in [4.78, 5) is 12.1. The van der Waals surface area contributed by atoms with E-state index in [0.717, 1.165) is 81.9 Å². The van der Waals surface area contributed by atoms with Gasteiger partial charge in [-0.1, -0.05) is 60.1 Å². The second-order valence-electron chi connectivity index (χ2n) is 22.6. The van der Waals surface area contributed by atoms with Crippen LogP contribution in [0.3, 0.4) is 0 Å². The highest BCUT2D eigenvalue weighted by Crippen LogP contribution is 2.57. The SMILES string of the molecule is COc1cc(C[C@H]2[C@H](O)C[C@@H](OCO)CCc3cc(O[C@@H]4CC[C@H]5CNC6(CC#C[C@]7(C[C@@H](C)CC[C@H]7CC[C@H](O)[C@H]7CNC(=O)C7)[C@H]5C4)CCCCC6)c(O)cc3[C@H](CCO)SSC[C@@H]2O)cc(OC)c1O. The first-order valence-corrected chi connectivity index (χ1v) is 29.8. The van der Waals surface area contributed by atoms with Crippen LogP contribution in [0.15, 0.2) is 24.3 Å². The monoisotopic (exact) mass is 1050 g/mol. The van der Waals surface area contributed by atoms with Crippen molar-refractivity contribution in [2.45, 2.75) is 177 Å². The van der Waals surface area contributed by atoms with E-state index in [2.05, 4.69) is 29.4 Å². The van der Waals surface area contributed by atoms with Crippen LogP contribution in [-0.4, -0.2) is 124 Å². The smallest absolute Gasteiger partial charge is 0.220 e. The van der Waals surface area contributed by atoms with Gasteiger partial charge >= 0.3 is 0 Å². The summed E-state index contributed by atoms with van der Waals surface area (Å²) in [5, 5.41) is 85.0. The molecule has 0 bridgehead atoms. The molecule has 9 N–H and O–H groups in total. The lowest BCUT2D eigenvalue weighted by atomic mass is 9.51. The third kappa shape index (κ3) is 13.5. The molecule has 13 atom stereocenters. The van der Waals surface area contributed by atoms with Crippen LogP contribution >= 0.6 is 21.6 Å². The highest BCUT2D eigenvalue weighted by Gasteiger charge is 2.53. The molecule has 1 amide bonds. The van der Waals surface area contributed by atoms with Gasteiger partial charge in [0, 0.05) is 59.8 Å². The molecule has 0 unspecified atom stereocenters. The topological polar surface area (TPSA) is 220 Å². The van der Waals surface area contributed by atoms with Gasteiger partial charge in [0.15, 0.2) is 23.0 Å². The molecule has 0 radical (unpaired) electrons. The Balaban J connectivity index is 1.06. The van der Waals surface area contributed by atoms with Crippen LogP contribution in [0.4, 0.5) is 0 Å². The van der Waals surface area contributed by atoms with Gasteiger partial charge in [-0.15, -0.1) is 5.92 Å². The molecule has 2 aromatic carbocycles. The van der Waals surface area contributed by atoms with E-state index in [-0.39, 0.29) is 88.3 Å². The molecule has 2 aromatic rings. The summed E-state index contributed by atoms with van der Waals surface area (Å²) in [5.74, 6) is 9.65. The number of nitrogens with one attached hydrogen (secondary N) is 2. The number of aliphatic hydroxyl groups excluding tert-OH is 5. The molecule has 16 heteroatoms. The Morgan fingerprint density at radius 3 is 2.38 bits per heavy atom. The Morgan fingerprint density at radius 2 is 1.67 bits per heavy atom. The van der Waals surface area contributed by atoms with Gasteiger partial charge in [-0.3, -0.25) is 4.79 Å². The van der Waals surface area contributed by atoms with Crippen LogP contribution < -0.4 is 24.8 Å². The molecule has 73 heavy (non-hydrogen) atoms. The van der Waals surface area contributed by atoms with E-state index in [1.807, 2.05) is 6.07 Å². The lowest BCUT2D eigenvalue weighted by Crippen LogP contribution is -2.53. The van der Waals surface area contributed by atoms with Crippen LogP contribution in [0.1, 0.15) is 144 Å². The van der Waals surface area contributed by atoms with Crippen molar-refractivity contribution in [2.24, 2.45) is 40.9 Å². The lowest BCUT2D eigenvalue weighted by Gasteiger charge is -2.53. The van der Waals surface area contributed by atoms with E-state index in [9.17, 15) is 40.5 Å².